The van der Waals surface area contributed by atoms with Gasteiger partial charge in [0.25, 0.3) is 5.91 Å². The van der Waals surface area contributed by atoms with Gasteiger partial charge in [-0.15, -0.1) is 0 Å². The predicted octanol–water partition coefficient (Wildman–Crippen LogP) is 6.72. The lowest BCUT2D eigenvalue weighted by Crippen LogP contribution is -2.12. The van der Waals surface area contributed by atoms with Crippen molar-refractivity contribution in [2.45, 2.75) is 0 Å². The molecule has 0 aliphatic heterocycles. The number of oxazole rings is 1. The van der Waals surface area contributed by atoms with E-state index in [9.17, 15) is 4.79 Å². The van der Waals surface area contributed by atoms with Crippen LogP contribution < -0.4 is 10.1 Å². The Morgan fingerprint density at radius 3 is 2.62 bits per heavy atom. The van der Waals surface area contributed by atoms with Gasteiger partial charge in [-0.1, -0.05) is 40.9 Å². The molecule has 4 aromatic rings. The first-order chi connectivity index (χ1) is 14.0. The third kappa shape index (κ3) is 3.90. The summed E-state index contributed by atoms with van der Waals surface area (Å²) in [6, 6.07) is 15.3. The smallest absolute Gasteiger partial charge is 0.257 e. The second-order valence-electron chi connectivity index (χ2n) is 6.11. The highest BCUT2D eigenvalue weighted by Gasteiger charge is 2.15. The van der Waals surface area contributed by atoms with Crippen LogP contribution in [-0.2, 0) is 0 Å². The number of amides is 1. The Labute approximate surface area is 181 Å². The van der Waals surface area contributed by atoms with Crippen LogP contribution in [0.3, 0.4) is 0 Å². The molecule has 8 heteroatoms. The number of methoxy groups -OCH3 is 1. The fourth-order valence-corrected chi connectivity index (χ4v) is 3.45. The average molecular weight is 448 g/mol. The molecule has 0 bridgehead atoms. The van der Waals surface area contributed by atoms with Gasteiger partial charge in [0.05, 0.1) is 27.7 Å². The molecule has 5 nitrogen and oxygen atoms in total. The number of rotatable bonds is 4. The summed E-state index contributed by atoms with van der Waals surface area (Å²) in [5.41, 5.74) is 2.70. The van der Waals surface area contributed by atoms with Crippen LogP contribution in [0.25, 0.3) is 22.6 Å². The lowest BCUT2D eigenvalue weighted by atomic mass is 10.2. The molecule has 29 heavy (non-hydrogen) atoms. The molecular weight excluding hydrogens is 435 g/mol. The van der Waals surface area contributed by atoms with E-state index in [4.69, 9.17) is 44.0 Å². The van der Waals surface area contributed by atoms with Gasteiger partial charge in [-0.2, -0.15) is 0 Å². The summed E-state index contributed by atoms with van der Waals surface area (Å²) in [5.74, 6) is 0.602. The first kappa shape index (κ1) is 19.6. The van der Waals surface area contributed by atoms with Crippen LogP contribution in [0, 0.1) is 0 Å². The highest BCUT2D eigenvalue weighted by atomic mass is 35.5. The molecule has 0 aliphatic carbocycles. The summed E-state index contributed by atoms with van der Waals surface area (Å²) in [7, 11) is 1.55. The summed E-state index contributed by atoms with van der Waals surface area (Å²) in [6.45, 7) is 0. The lowest BCUT2D eigenvalue weighted by Gasteiger charge is -2.07. The Bertz CT molecular complexity index is 1240. The maximum absolute atomic E-state index is 12.5. The number of carbonyl (C=O) groups is 1. The van der Waals surface area contributed by atoms with E-state index in [0.29, 0.717) is 44.0 Å². The van der Waals surface area contributed by atoms with Crippen LogP contribution in [-0.4, -0.2) is 18.0 Å². The molecule has 0 spiro atoms. The van der Waals surface area contributed by atoms with E-state index in [0.717, 1.165) is 0 Å². The van der Waals surface area contributed by atoms with Gasteiger partial charge in [0, 0.05) is 11.3 Å². The van der Waals surface area contributed by atoms with Crippen LogP contribution in [0.2, 0.25) is 15.1 Å². The summed E-state index contributed by atoms with van der Waals surface area (Å²) in [5, 5.41) is 3.76. The van der Waals surface area contributed by atoms with Gasteiger partial charge in [0.15, 0.2) is 5.58 Å². The van der Waals surface area contributed by atoms with E-state index >= 15 is 0 Å². The molecule has 146 valence electrons. The molecule has 1 aromatic heterocycles. The summed E-state index contributed by atoms with van der Waals surface area (Å²) in [4.78, 5) is 17.0. The summed E-state index contributed by atoms with van der Waals surface area (Å²) in [6.07, 6.45) is 0. The molecule has 0 fully saturated rings. The Morgan fingerprint density at radius 1 is 1.03 bits per heavy atom. The minimum atomic E-state index is -0.373. The first-order valence-corrected chi connectivity index (χ1v) is 9.59. The number of ether oxygens (including phenoxy) is 1. The monoisotopic (exact) mass is 446 g/mol. The zero-order valence-electron chi connectivity index (χ0n) is 15.0. The lowest BCUT2D eigenvalue weighted by molar-refractivity contribution is 0.102. The van der Waals surface area contributed by atoms with Gasteiger partial charge >= 0.3 is 0 Å². The van der Waals surface area contributed by atoms with Crippen LogP contribution in [0.4, 0.5) is 5.69 Å². The number of aromatic nitrogens is 1. The SMILES string of the molecule is COc1ccc(-c2nc3cc(NC(=O)c4cccc(Cl)c4Cl)ccc3o2)cc1Cl. The number of halogens is 3. The molecule has 0 atom stereocenters. The van der Waals surface area contributed by atoms with Crippen LogP contribution in [0.1, 0.15) is 10.4 Å². The fourth-order valence-electron chi connectivity index (χ4n) is 2.81. The Morgan fingerprint density at radius 2 is 1.86 bits per heavy atom. The average Bonchev–Trinajstić information content (AvgIpc) is 3.13. The van der Waals surface area contributed by atoms with Crippen molar-refractivity contribution in [2.75, 3.05) is 12.4 Å². The molecule has 0 saturated carbocycles. The Balaban J connectivity index is 1.62. The zero-order valence-corrected chi connectivity index (χ0v) is 17.3. The molecule has 1 heterocycles. The van der Waals surface area contributed by atoms with E-state index in [1.165, 1.54) is 0 Å². The minimum absolute atomic E-state index is 0.202. The van der Waals surface area contributed by atoms with Crippen molar-refractivity contribution < 1.29 is 13.9 Å². The van der Waals surface area contributed by atoms with Crippen molar-refractivity contribution in [3.63, 3.8) is 0 Å². The van der Waals surface area contributed by atoms with Crippen molar-refractivity contribution >= 4 is 57.5 Å². The van der Waals surface area contributed by atoms with Crippen LogP contribution in [0.5, 0.6) is 5.75 Å². The number of nitrogens with one attached hydrogen (secondary N) is 1. The predicted molar refractivity (Wildman–Crippen MR) is 115 cm³/mol. The molecular formula is C21H13Cl3N2O3. The third-order valence-electron chi connectivity index (χ3n) is 4.24. The minimum Gasteiger partial charge on any atom is -0.495 e. The van der Waals surface area contributed by atoms with E-state index in [1.807, 2.05) is 0 Å². The largest absolute Gasteiger partial charge is 0.495 e. The Hall–Kier alpha value is -2.73. The van der Waals surface area contributed by atoms with E-state index in [2.05, 4.69) is 10.3 Å². The number of carbonyl (C=O) groups excluding carboxylic acids is 1. The summed E-state index contributed by atoms with van der Waals surface area (Å²) >= 11 is 18.3. The van der Waals surface area contributed by atoms with Crippen LogP contribution in [0.15, 0.2) is 59.0 Å². The highest BCUT2D eigenvalue weighted by Crippen LogP contribution is 2.32. The van der Waals surface area contributed by atoms with Crippen LogP contribution >= 0.6 is 34.8 Å². The molecule has 1 amide bonds. The van der Waals surface area contributed by atoms with Gasteiger partial charge in [-0.3, -0.25) is 4.79 Å². The third-order valence-corrected chi connectivity index (χ3v) is 5.35. The van der Waals surface area contributed by atoms with Crippen molar-refractivity contribution in [3.05, 3.63) is 75.2 Å². The fraction of sp³-hybridized carbons (Fsp3) is 0.0476. The van der Waals surface area contributed by atoms with E-state index in [-0.39, 0.29) is 16.5 Å². The number of fused-ring (bicyclic) bond motifs is 1. The molecule has 0 aliphatic rings. The van der Waals surface area contributed by atoms with Gasteiger partial charge in [0.2, 0.25) is 5.89 Å². The van der Waals surface area contributed by atoms with Crippen molar-refractivity contribution in [1.29, 1.82) is 0 Å². The standard InChI is InChI=1S/C21H13Cl3N2O3/c1-28-17-7-5-11(9-15(17)23)21-26-16-10-12(6-8-18(16)29-21)25-20(27)13-3-2-4-14(22)19(13)24/h2-10H,1H3,(H,25,27). The number of nitrogens with zero attached hydrogens (tertiary/aromatic N) is 1. The Kier molecular flexibility index (Phi) is 5.37. The summed E-state index contributed by atoms with van der Waals surface area (Å²) < 4.78 is 11.0. The number of benzene rings is 3. The normalized spacial score (nSPS) is 10.9. The van der Waals surface area contributed by atoms with Crippen molar-refractivity contribution in [2.24, 2.45) is 0 Å². The molecule has 4 rings (SSSR count). The first-order valence-electron chi connectivity index (χ1n) is 8.46. The number of hydrogen-bond donors (Lipinski definition) is 1. The molecule has 1 N–H and O–H groups in total. The quantitative estimate of drug-likeness (QED) is 0.377. The molecule has 0 saturated heterocycles. The second kappa shape index (κ2) is 7.95. The van der Waals surface area contributed by atoms with E-state index in [1.54, 1.807) is 61.7 Å². The zero-order chi connectivity index (χ0) is 20.5. The van der Waals surface area contributed by atoms with E-state index < -0.39 is 0 Å². The maximum Gasteiger partial charge on any atom is 0.257 e. The second-order valence-corrected chi connectivity index (χ2v) is 7.30. The van der Waals surface area contributed by atoms with Gasteiger partial charge in [-0.05, 0) is 48.5 Å². The van der Waals surface area contributed by atoms with Gasteiger partial charge in [-0.25, -0.2) is 4.98 Å². The number of hydrogen-bond acceptors (Lipinski definition) is 4. The highest BCUT2D eigenvalue weighted by molar-refractivity contribution is 6.44. The van der Waals surface area contributed by atoms with Gasteiger partial charge < -0.3 is 14.5 Å². The topological polar surface area (TPSA) is 64.4 Å². The van der Waals surface area contributed by atoms with Crippen molar-refractivity contribution in [3.8, 4) is 17.2 Å². The molecule has 3 aromatic carbocycles. The number of anilines is 1. The molecule has 0 unspecified atom stereocenters. The van der Waals surface area contributed by atoms with Crippen molar-refractivity contribution in [1.82, 2.24) is 4.98 Å². The van der Waals surface area contributed by atoms with Gasteiger partial charge in [0.1, 0.15) is 11.3 Å². The maximum atomic E-state index is 12.5. The molecule has 0 radical (unpaired) electrons.